The van der Waals surface area contributed by atoms with Gasteiger partial charge in [-0.15, -0.1) is 0 Å². The molecule has 0 fully saturated rings. The van der Waals surface area contributed by atoms with Gasteiger partial charge in [0.05, 0.1) is 22.5 Å². The second-order valence-electron chi connectivity index (χ2n) is 6.22. The van der Waals surface area contributed by atoms with Crippen molar-refractivity contribution in [3.8, 4) is 0 Å². The number of carbonyl (C=O) groups excluding carboxylic acids is 2. The lowest BCUT2D eigenvalue weighted by Crippen LogP contribution is -2.30. The fraction of sp³-hybridized carbons (Fsp3) is 0.0526. The van der Waals surface area contributed by atoms with Crippen molar-refractivity contribution in [2.75, 3.05) is 17.9 Å². The summed E-state index contributed by atoms with van der Waals surface area (Å²) in [5, 5.41) is 25.5. The molecule has 168 valence electrons. The third-order valence-corrected chi connectivity index (χ3v) is 4.21. The number of hydrazine groups is 1. The van der Waals surface area contributed by atoms with Crippen molar-refractivity contribution in [1.82, 2.24) is 15.4 Å². The maximum absolute atomic E-state index is 12.4. The number of methoxy groups -OCH3 is 1. The molecule has 0 saturated heterocycles. The van der Waals surface area contributed by atoms with Crippen LogP contribution in [0.3, 0.4) is 0 Å². The van der Waals surface area contributed by atoms with Crippen molar-refractivity contribution >= 4 is 40.6 Å². The molecular weight excluding hydrogens is 438 g/mol. The van der Waals surface area contributed by atoms with Gasteiger partial charge in [-0.2, -0.15) is 0 Å². The average Bonchev–Trinajstić information content (AvgIpc) is 2.82. The predicted octanol–water partition coefficient (Wildman–Crippen LogP) is 2.58. The summed E-state index contributed by atoms with van der Waals surface area (Å²) < 4.78 is 4.61. The molecule has 0 radical (unpaired) electrons. The highest BCUT2D eigenvalue weighted by Gasteiger charge is 2.25. The number of benzene rings is 2. The minimum atomic E-state index is -0.900. The first-order valence-electron chi connectivity index (χ1n) is 9.06. The standard InChI is InChI=1S/C19H15N7O7/c1-33-19(28)11-6-8-12(9-7-11)22-16-15(26(31)32)17(21-10-20-16)23-24-18(27)13-4-2-3-5-14(13)25(29)30/h2-10H,1H3,(H,24,27)(H2,20,21,22,23). The van der Waals surface area contributed by atoms with Gasteiger partial charge in [0, 0.05) is 11.8 Å². The van der Waals surface area contributed by atoms with Crippen molar-refractivity contribution in [1.29, 1.82) is 0 Å². The molecular formula is C19H15N7O7. The third kappa shape index (κ3) is 5.13. The first kappa shape index (κ1) is 22.5. The molecule has 1 amide bonds. The Hall–Kier alpha value is -5.14. The van der Waals surface area contributed by atoms with E-state index in [4.69, 9.17) is 0 Å². The Labute approximate surface area is 184 Å². The molecule has 0 aliphatic rings. The number of aromatic nitrogens is 2. The largest absolute Gasteiger partial charge is 0.465 e. The van der Waals surface area contributed by atoms with Crippen LogP contribution in [-0.2, 0) is 4.74 Å². The molecule has 2 aromatic carbocycles. The Kier molecular flexibility index (Phi) is 6.68. The molecule has 14 nitrogen and oxygen atoms in total. The van der Waals surface area contributed by atoms with E-state index in [2.05, 4.69) is 30.9 Å². The first-order valence-corrected chi connectivity index (χ1v) is 9.06. The SMILES string of the molecule is COC(=O)c1ccc(Nc2ncnc(NNC(=O)c3ccccc3[N+](=O)[O-])c2[N+](=O)[O-])cc1. The van der Waals surface area contributed by atoms with Crippen LogP contribution in [0, 0.1) is 20.2 Å². The highest BCUT2D eigenvalue weighted by Crippen LogP contribution is 2.31. The van der Waals surface area contributed by atoms with E-state index in [1.54, 1.807) is 0 Å². The summed E-state index contributed by atoms with van der Waals surface area (Å²) in [6, 6.07) is 11.1. The summed E-state index contributed by atoms with van der Waals surface area (Å²) >= 11 is 0. The Bertz CT molecular complexity index is 1230. The van der Waals surface area contributed by atoms with Crippen molar-refractivity contribution in [3.05, 3.63) is 86.2 Å². The fourth-order valence-corrected chi connectivity index (χ4v) is 2.69. The second kappa shape index (κ2) is 9.78. The van der Waals surface area contributed by atoms with Crippen LogP contribution in [-0.4, -0.2) is 38.8 Å². The Morgan fingerprint density at radius 1 is 0.939 bits per heavy atom. The zero-order valence-electron chi connectivity index (χ0n) is 16.8. The highest BCUT2D eigenvalue weighted by molar-refractivity contribution is 5.98. The third-order valence-electron chi connectivity index (χ3n) is 4.21. The number of nitro groups is 2. The van der Waals surface area contributed by atoms with Gasteiger partial charge in [-0.05, 0) is 30.3 Å². The van der Waals surface area contributed by atoms with Crippen LogP contribution >= 0.6 is 0 Å². The van der Waals surface area contributed by atoms with Crippen LogP contribution in [0.4, 0.5) is 28.7 Å². The molecule has 1 aromatic heterocycles. The van der Waals surface area contributed by atoms with E-state index in [9.17, 15) is 29.8 Å². The van der Waals surface area contributed by atoms with Gasteiger partial charge in [-0.3, -0.25) is 35.9 Å². The summed E-state index contributed by atoms with van der Waals surface area (Å²) in [7, 11) is 1.24. The van der Waals surface area contributed by atoms with Crippen molar-refractivity contribution in [3.63, 3.8) is 0 Å². The van der Waals surface area contributed by atoms with Gasteiger partial charge in [0.2, 0.25) is 11.6 Å². The molecule has 3 aromatic rings. The molecule has 0 unspecified atom stereocenters. The number of nitrogens with one attached hydrogen (secondary N) is 3. The number of nitro benzene ring substituents is 1. The molecule has 14 heteroatoms. The number of ether oxygens (including phenoxy) is 1. The van der Waals surface area contributed by atoms with Gasteiger partial charge in [0.15, 0.2) is 0 Å². The summed E-state index contributed by atoms with van der Waals surface area (Å²) in [6.45, 7) is 0. The highest BCUT2D eigenvalue weighted by atomic mass is 16.6. The minimum absolute atomic E-state index is 0.205. The Morgan fingerprint density at radius 3 is 2.24 bits per heavy atom. The van der Waals surface area contributed by atoms with Gasteiger partial charge >= 0.3 is 11.7 Å². The molecule has 0 aliphatic heterocycles. The van der Waals surface area contributed by atoms with Crippen LogP contribution < -0.4 is 16.2 Å². The van der Waals surface area contributed by atoms with Crippen LogP contribution in [0.2, 0.25) is 0 Å². The predicted molar refractivity (Wildman–Crippen MR) is 114 cm³/mol. The summed E-state index contributed by atoms with van der Waals surface area (Å²) in [4.78, 5) is 52.8. The number of para-hydroxylation sites is 1. The lowest BCUT2D eigenvalue weighted by molar-refractivity contribution is -0.385. The van der Waals surface area contributed by atoms with Gasteiger partial charge in [0.1, 0.15) is 11.9 Å². The molecule has 1 heterocycles. The van der Waals surface area contributed by atoms with Gasteiger partial charge < -0.3 is 10.1 Å². The minimum Gasteiger partial charge on any atom is -0.465 e. The molecule has 0 aliphatic carbocycles. The quantitative estimate of drug-likeness (QED) is 0.258. The molecule has 3 rings (SSSR count). The number of hydrogen-bond donors (Lipinski definition) is 3. The lowest BCUT2D eigenvalue weighted by atomic mass is 10.2. The maximum Gasteiger partial charge on any atom is 0.355 e. The number of rotatable bonds is 8. The molecule has 0 bridgehead atoms. The van der Waals surface area contributed by atoms with Gasteiger partial charge in [-0.25, -0.2) is 14.8 Å². The van der Waals surface area contributed by atoms with E-state index < -0.39 is 33.1 Å². The van der Waals surface area contributed by atoms with Crippen molar-refractivity contribution in [2.24, 2.45) is 0 Å². The van der Waals surface area contributed by atoms with Gasteiger partial charge in [-0.1, -0.05) is 12.1 Å². The van der Waals surface area contributed by atoms with E-state index >= 15 is 0 Å². The Morgan fingerprint density at radius 2 is 1.61 bits per heavy atom. The average molecular weight is 453 g/mol. The summed E-state index contributed by atoms with van der Waals surface area (Å²) in [5.41, 5.74) is 3.82. The lowest BCUT2D eigenvalue weighted by Gasteiger charge is -2.11. The number of hydrogen-bond acceptors (Lipinski definition) is 11. The van der Waals surface area contributed by atoms with Crippen LogP contribution in [0.5, 0.6) is 0 Å². The monoisotopic (exact) mass is 453 g/mol. The summed E-state index contributed by atoms with van der Waals surface area (Å²) in [5.74, 6) is -2.02. The number of nitrogens with zero attached hydrogens (tertiary/aromatic N) is 4. The van der Waals surface area contributed by atoms with Crippen molar-refractivity contribution in [2.45, 2.75) is 0 Å². The van der Waals surface area contributed by atoms with E-state index in [0.29, 0.717) is 5.69 Å². The van der Waals surface area contributed by atoms with Crippen LogP contribution in [0.1, 0.15) is 20.7 Å². The van der Waals surface area contributed by atoms with Gasteiger partial charge in [0.25, 0.3) is 11.6 Å². The van der Waals surface area contributed by atoms with Crippen LogP contribution in [0.25, 0.3) is 0 Å². The smallest absolute Gasteiger partial charge is 0.355 e. The molecule has 33 heavy (non-hydrogen) atoms. The summed E-state index contributed by atoms with van der Waals surface area (Å²) in [6.07, 6.45) is 1.01. The van der Waals surface area contributed by atoms with Crippen molar-refractivity contribution < 1.29 is 24.2 Å². The Balaban J connectivity index is 1.82. The normalized spacial score (nSPS) is 10.1. The van der Waals surface area contributed by atoms with E-state index in [1.165, 1.54) is 49.6 Å². The number of amides is 1. The topological polar surface area (TPSA) is 192 Å². The molecule has 0 saturated carbocycles. The zero-order valence-corrected chi connectivity index (χ0v) is 16.8. The fourth-order valence-electron chi connectivity index (χ4n) is 2.69. The molecule has 3 N–H and O–H groups in total. The van der Waals surface area contributed by atoms with E-state index in [0.717, 1.165) is 12.4 Å². The number of esters is 1. The first-order chi connectivity index (χ1) is 15.8. The number of carbonyl (C=O) groups is 2. The number of anilines is 3. The second-order valence-corrected chi connectivity index (χ2v) is 6.22. The van der Waals surface area contributed by atoms with E-state index in [-0.39, 0.29) is 22.8 Å². The maximum atomic E-state index is 12.4. The van der Waals surface area contributed by atoms with E-state index in [1.807, 2.05) is 0 Å². The zero-order chi connectivity index (χ0) is 24.0. The van der Waals surface area contributed by atoms with Crippen LogP contribution in [0.15, 0.2) is 54.9 Å². The molecule has 0 atom stereocenters. The molecule has 0 spiro atoms.